The Morgan fingerprint density at radius 1 is 0.738 bits per heavy atom. The molecule has 2 atom stereocenters. The van der Waals surface area contributed by atoms with Crippen LogP contribution in [0.15, 0.2) is 138 Å². The Labute approximate surface area is 254 Å². The number of hydrogen-bond acceptors (Lipinski definition) is 4. The van der Waals surface area contributed by atoms with Gasteiger partial charge in [0.25, 0.3) is 0 Å². The zero-order valence-electron chi connectivity index (χ0n) is 27.3. The lowest BCUT2D eigenvalue weighted by atomic mass is 9.95. The fourth-order valence-electron chi connectivity index (χ4n) is 5.26. The SMILES string of the molecule is C=CC(=C)C1N=C(C(=C(C)C)/C(C)=C\C/C(C)=C(/C2=NC(C(=C)C=C)C(/C(C)=C/C)=N2)C(C)=C2CC2)N=C1/C(C)=C/C. The molecule has 220 valence electrons. The van der Waals surface area contributed by atoms with E-state index in [1.807, 2.05) is 13.8 Å². The maximum atomic E-state index is 5.10. The average Bonchev–Trinajstić information content (AvgIpc) is 3.60. The largest absolute Gasteiger partial charge is 0.251 e. The van der Waals surface area contributed by atoms with Gasteiger partial charge in [-0.1, -0.05) is 73.4 Å². The minimum Gasteiger partial charge on any atom is -0.251 e. The third-order valence-corrected chi connectivity index (χ3v) is 8.26. The summed E-state index contributed by atoms with van der Waals surface area (Å²) < 4.78 is 0. The number of allylic oxidation sites excluding steroid dienone is 6. The molecule has 1 fully saturated rings. The first-order valence-electron chi connectivity index (χ1n) is 14.9. The molecule has 0 saturated heterocycles. The van der Waals surface area contributed by atoms with E-state index < -0.39 is 0 Å². The van der Waals surface area contributed by atoms with Gasteiger partial charge in [-0.3, -0.25) is 9.98 Å². The van der Waals surface area contributed by atoms with E-state index in [1.165, 1.54) is 22.3 Å². The second kappa shape index (κ2) is 13.8. The van der Waals surface area contributed by atoms with E-state index in [2.05, 4.69) is 93.0 Å². The molecule has 0 N–H and O–H groups in total. The van der Waals surface area contributed by atoms with Gasteiger partial charge in [0.1, 0.15) is 12.1 Å². The molecule has 42 heavy (non-hydrogen) atoms. The van der Waals surface area contributed by atoms with Gasteiger partial charge < -0.3 is 0 Å². The Hall–Kier alpha value is -3.92. The molecule has 0 radical (unpaired) electrons. The minimum atomic E-state index is -0.205. The number of amidine groups is 2. The van der Waals surface area contributed by atoms with Crippen LogP contribution in [0, 0.1) is 0 Å². The van der Waals surface area contributed by atoms with Crippen LogP contribution in [-0.2, 0) is 0 Å². The smallest absolute Gasteiger partial charge is 0.156 e. The molecule has 3 aliphatic rings. The highest BCUT2D eigenvalue weighted by Gasteiger charge is 2.30. The van der Waals surface area contributed by atoms with Crippen molar-refractivity contribution in [2.45, 2.75) is 93.7 Å². The third kappa shape index (κ3) is 6.92. The summed E-state index contributed by atoms with van der Waals surface area (Å²) in [5.74, 6) is 1.55. The summed E-state index contributed by atoms with van der Waals surface area (Å²) in [7, 11) is 0. The standard InChI is InChI=1S/C38H48N4/c1-14-23(7)33-34(24(8)15-2)40-37(39-33)31(22(5)6)27(11)18-19-28(12)32(29(13)30-20-21-30)38-41-35(25(9)16-3)36(42-38)26(10)17-4/h14-18,33,35H,1,3,7,9,19-21H2,2,4-6,8,10-13H3/b24-15+,26-17+,27-18-,32-28+. The molecule has 0 aromatic heterocycles. The first-order valence-corrected chi connectivity index (χ1v) is 14.9. The van der Waals surface area contributed by atoms with Gasteiger partial charge in [-0.15, -0.1) is 0 Å². The zero-order chi connectivity index (χ0) is 31.3. The second-order valence-electron chi connectivity index (χ2n) is 11.6. The van der Waals surface area contributed by atoms with E-state index in [1.54, 1.807) is 12.2 Å². The van der Waals surface area contributed by atoms with E-state index in [4.69, 9.17) is 20.0 Å². The lowest BCUT2D eigenvalue weighted by Crippen LogP contribution is -2.17. The van der Waals surface area contributed by atoms with E-state index in [-0.39, 0.29) is 12.1 Å². The highest BCUT2D eigenvalue weighted by Crippen LogP contribution is 2.38. The third-order valence-electron chi connectivity index (χ3n) is 8.26. The monoisotopic (exact) mass is 560 g/mol. The Morgan fingerprint density at radius 2 is 1.19 bits per heavy atom. The molecule has 0 bridgehead atoms. The van der Waals surface area contributed by atoms with Crippen molar-refractivity contribution >= 4 is 23.1 Å². The van der Waals surface area contributed by atoms with Crippen LogP contribution in [0.1, 0.15) is 81.6 Å². The Balaban J connectivity index is 2.07. The first-order chi connectivity index (χ1) is 19.9. The topological polar surface area (TPSA) is 49.4 Å². The summed E-state index contributed by atoms with van der Waals surface area (Å²) >= 11 is 0. The van der Waals surface area contributed by atoms with Crippen LogP contribution < -0.4 is 0 Å². The van der Waals surface area contributed by atoms with Gasteiger partial charge in [0.2, 0.25) is 0 Å². The predicted octanol–water partition coefficient (Wildman–Crippen LogP) is 9.95. The van der Waals surface area contributed by atoms with E-state index >= 15 is 0 Å². The molecule has 0 amide bonds. The van der Waals surface area contributed by atoms with Gasteiger partial charge in [-0.05, 0) is 115 Å². The molecule has 4 heteroatoms. The summed E-state index contributed by atoms with van der Waals surface area (Å²) in [5.41, 5.74) is 14.4. The van der Waals surface area contributed by atoms with Crippen molar-refractivity contribution in [2.24, 2.45) is 20.0 Å². The van der Waals surface area contributed by atoms with Crippen molar-refractivity contribution in [3.05, 3.63) is 118 Å². The maximum absolute atomic E-state index is 5.10. The fourth-order valence-corrected chi connectivity index (χ4v) is 5.26. The molecule has 2 heterocycles. The van der Waals surface area contributed by atoms with E-state index in [0.717, 1.165) is 81.4 Å². The maximum Gasteiger partial charge on any atom is 0.156 e. The minimum absolute atomic E-state index is 0.200. The predicted molar refractivity (Wildman–Crippen MR) is 186 cm³/mol. The van der Waals surface area contributed by atoms with Crippen LogP contribution in [0.5, 0.6) is 0 Å². The molecule has 3 rings (SSSR count). The highest BCUT2D eigenvalue weighted by molar-refractivity contribution is 6.21. The van der Waals surface area contributed by atoms with E-state index in [0.29, 0.717) is 0 Å². The molecular formula is C38H48N4. The molecular weight excluding hydrogens is 512 g/mol. The van der Waals surface area contributed by atoms with Crippen molar-refractivity contribution < 1.29 is 0 Å². The highest BCUT2D eigenvalue weighted by atomic mass is 15.0. The van der Waals surface area contributed by atoms with Crippen LogP contribution in [0.4, 0.5) is 0 Å². The summed E-state index contributed by atoms with van der Waals surface area (Å²) in [6, 6.07) is -0.405. The zero-order valence-corrected chi connectivity index (χ0v) is 27.3. The molecule has 1 saturated carbocycles. The van der Waals surface area contributed by atoms with Gasteiger partial charge in [-0.25, -0.2) is 9.98 Å². The molecule has 0 aromatic rings. The van der Waals surface area contributed by atoms with Crippen molar-refractivity contribution in [3.63, 3.8) is 0 Å². The fraction of sp³-hybridized carbons (Fsp3) is 0.368. The molecule has 2 aliphatic heterocycles. The van der Waals surface area contributed by atoms with Gasteiger partial charge in [-0.2, -0.15) is 0 Å². The molecule has 4 nitrogen and oxygen atoms in total. The van der Waals surface area contributed by atoms with Crippen molar-refractivity contribution in [1.29, 1.82) is 0 Å². The van der Waals surface area contributed by atoms with Gasteiger partial charge in [0.15, 0.2) is 11.7 Å². The Morgan fingerprint density at radius 3 is 1.57 bits per heavy atom. The average molecular weight is 561 g/mol. The van der Waals surface area contributed by atoms with Crippen molar-refractivity contribution in [1.82, 2.24) is 0 Å². The Kier molecular flexibility index (Phi) is 10.7. The van der Waals surface area contributed by atoms with Crippen LogP contribution in [0.25, 0.3) is 0 Å². The van der Waals surface area contributed by atoms with Crippen molar-refractivity contribution in [3.8, 4) is 0 Å². The first kappa shape index (κ1) is 32.6. The van der Waals surface area contributed by atoms with Gasteiger partial charge in [0, 0.05) is 11.1 Å². The van der Waals surface area contributed by atoms with E-state index in [9.17, 15) is 0 Å². The lowest BCUT2D eigenvalue weighted by molar-refractivity contribution is 1.05. The van der Waals surface area contributed by atoms with Crippen molar-refractivity contribution in [2.75, 3.05) is 0 Å². The molecule has 0 spiro atoms. The Bertz CT molecular complexity index is 1520. The summed E-state index contributed by atoms with van der Waals surface area (Å²) in [4.78, 5) is 20.2. The molecule has 0 aromatic carbocycles. The number of nitrogens with zero attached hydrogens (tertiary/aromatic N) is 4. The van der Waals surface area contributed by atoms with Crippen LogP contribution in [0.2, 0.25) is 0 Å². The summed E-state index contributed by atoms with van der Waals surface area (Å²) in [6.07, 6.45) is 13.1. The lowest BCUT2D eigenvalue weighted by Gasteiger charge is -2.13. The molecule has 2 unspecified atom stereocenters. The summed E-state index contributed by atoms with van der Waals surface area (Å²) in [6.45, 7) is 35.3. The van der Waals surface area contributed by atoms with Crippen LogP contribution >= 0.6 is 0 Å². The normalized spacial score (nSPS) is 21.2. The summed E-state index contributed by atoms with van der Waals surface area (Å²) in [5, 5.41) is 0. The second-order valence-corrected chi connectivity index (χ2v) is 11.6. The van der Waals surface area contributed by atoms with Gasteiger partial charge >= 0.3 is 0 Å². The number of aliphatic imine (C=N–C) groups is 4. The molecule has 1 aliphatic carbocycles. The quantitative estimate of drug-likeness (QED) is 0.213. The van der Waals surface area contributed by atoms with Crippen LogP contribution in [0.3, 0.4) is 0 Å². The number of rotatable bonds is 12. The van der Waals surface area contributed by atoms with Crippen LogP contribution in [-0.4, -0.2) is 35.2 Å². The number of hydrogen-bond donors (Lipinski definition) is 0. The van der Waals surface area contributed by atoms with Gasteiger partial charge in [0.05, 0.1) is 11.4 Å².